The Balaban J connectivity index is 1.93. The van der Waals surface area contributed by atoms with Crippen LogP contribution in [0.4, 0.5) is 5.69 Å². The monoisotopic (exact) mass is 440 g/mol. The molecular formula is C19H24N2O6S2. The fraction of sp³-hybridized carbons (Fsp3) is 0.368. The van der Waals surface area contributed by atoms with E-state index in [0.29, 0.717) is 18.8 Å². The van der Waals surface area contributed by atoms with Gasteiger partial charge in [-0.25, -0.2) is 16.8 Å². The molecule has 0 atom stereocenters. The summed E-state index contributed by atoms with van der Waals surface area (Å²) in [5.41, 5.74) is 0.136. The fourth-order valence-corrected chi connectivity index (χ4v) is 5.90. The van der Waals surface area contributed by atoms with Crippen molar-refractivity contribution in [2.75, 3.05) is 32.0 Å². The van der Waals surface area contributed by atoms with Crippen LogP contribution in [0.1, 0.15) is 19.3 Å². The summed E-state index contributed by atoms with van der Waals surface area (Å²) in [5, 5.41) is 0. The van der Waals surface area contributed by atoms with Crippen molar-refractivity contribution in [2.45, 2.75) is 29.1 Å². The minimum Gasteiger partial charge on any atom is -0.497 e. The summed E-state index contributed by atoms with van der Waals surface area (Å²) in [5.74, 6) is 0.700. The first-order valence-corrected chi connectivity index (χ1v) is 12.1. The van der Waals surface area contributed by atoms with Crippen LogP contribution in [-0.2, 0) is 20.0 Å². The van der Waals surface area contributed by atoms with Gasteiger partial charge in [-0.05, 0) is 55.3 Å². The molecule has 0 amide bonds. The van der Waals surface area contributed by atoms with E-state index in [0.717, 1.165) is 19.3 Å². The van der Waals surface area contributed by atoms with Crippen LogP contribution in [0.15, 0.2) is 52.3 Å². The number of piperidine rings is 1. The summed E-state index contributed by atoms with van der Waals surface area (Å²) in [4.78, 5) is -0.0219. The van der Waals surface area contributed by atoms with Crippen molar-refractivity contribution in [3.8, 4) is 11.5 Å². The Labute approximate surface area is 171 Å². The molecule has 1 aliphatic rings. The van der Waals surface area contributed by atoms with Gasteiger partial charge in [-0.1, -0.05) is 6.42 Å². The fourth-order valence-electron chi connectivity index (χ4n) is 3.16. The Bertz CT molecular complexity index is 1060. The summed E-state index contributed by atoms with van der Waals surface area (Å²) >= 11 is 0. The molecule has 158 valence electrons. The Hall–Kier alpha value is -2.30. The lowest BCUT2D eigenvalue weighted by Gasteiger charge is -2.26. The van der Waals surface area contributed by atoms with E-state index in [2.05, 4.69) is 4.72 Å². The van der Waals surface area contributed by atoms with Gasteiger partial charge in [0.15, 0.2) is 0 Å². The summed E-state index contributed by atoms with van der Waals surface area (Å²) in [6.07, 6.45) is 2.58. The van der Waals surface area contributed by atoms with Crippen molar-refractivity contribution >= 4 is 25.7 Å². The predicted molar refractivity (Wildman–Crippen MR) is 109 cm³/mol. The van der Waals surface area contributed by atoms with Gasteiger partial charge in [0.25, 0.3) is 10.0 Å². The summed E-state index contributed by atoms with van der Waals surface area (Å²) in [6.45, 7) is 0.876. The van der Waals surface area contributed by atoms with E-state index in [1.807, 2.05) is 0 Å². The second-order valence-electron chi connectivity index (χ2n) is 6.61. The van der Waals surface area contributed by atoms with Gasteiger partial charge in [-0.2, -0.15) is 4.31 Å². The number of methoxy groups -OCH3 is 2. The first-order valence-electron chi connectivity index (χ1n) is 9.13. The number of hydrogen-bond acceptors (Lipinski definition) is 6. The van der Waals surface area contributed by atoms with Crippen molar-refractivity contribution < 1.29 is 26.3 Å². The van der Waals surface area contributed by atoms with Crippen molar-refractivity contribution in [3.05, 3.63) is 42.5 Å². The molecule has 29 heavy (non-hydrogen) atoms. The molecule has 3 rings (SSSR count). The van der Waals surface area contributed by atoms with Crippen molar-refractivity contribution in [2.24, 2.45) is 0 Å². The molecule has 1 heterocycles. The smallest absolute Gasteiger partial charge is 0.261 e. The predicted octanol–water partition coefficient (Wildman–Crippen LogP) is 2.68. The molecule has 8 nitrogen and oxygen atoms in total. The number of nitrogens with zero attached hydrogens (tertiary/aromatic N) is 1. The van der Waals surface area contributed by atoms with E-state index < -0.39 is 20.0 Å². The topological polar surface area (TPSA) is 102 Å². The lowest BCUT2D eigenvalue weighted by molar-refractivity contribution is 0.343. The summed E-state index contributed by atoms with van der Waals surface area (Å²) < 4.78 is 65.6. The third kappa shape index (κ3) is 4.65. The molecule has 0 unspecified atom stereocenters. The van der Waals surface area contributed by atoms with Crippen molar-refractivity contribution in [1.29, 1.82) is 0 Å². The van der Waals surface area contributed by atoms with Gasteiger partial charge < -0.3 is 9.47 Å². The zero-order valence-corrected chi connectivity index (χ0v) is 17.9. The van der Waals surface area contributed by atoms with Gasteiger partial charge >= 0.3 is 0 Å². The molecule has 0 aliphatic carbocycles. The molecule has 2 aromatic rings. The van der Waals surface area contributed by atoms with Crippen LogP contribution in [0.5, 0.6) is 11.5 Å². The number of rotatable bonds is 7. The Kier molecular flexibility index (Phi) is 6.35. The number of anilines is 1. The molecule has 1 aliphatic heterocycles. The molecule has 1 N–H and O–H groups in total. The number of ether oxygens (including phenoxy) is 2. The average Bonchev–Trinajstić information content (AvgIpc) is 2.74. The Morgan fingerprint density at radius 3 is 2.10 bits per heavy atom. The highest BCUT2D eigenvalue weighted by Gasteiger charge is 2.29. The van der Waals surface area contributed by atoms with Crippen LogP contribution in [-0.4, -0.2) is 48.4 Å². The summed E-state index contributed by atoms with van der Waals surface area (Å²) in [6, 6.07) is 10.1. The Morgan fingerprint density at radius 1 is 0.862 bits per heavy atom. The van der Waals surface area contributed by atoms with E-state index in [1.54, 1.807) is 0 Å². The number of sulfonamides is 2. The molecule has 0 spiro atoms. The normalized spacial score (nSPS) is 15.7. The quantitative estimate of drug-likeness (QED) is 0.710. The van der Waals surface area contributed by atoms with Crippen LogP contribution < -0.4 is 14.2 Å². The van der Waals surface area contributed by atoms with Crippen LogP contribution in [0.2, 0.25) is 0 Å². The lowest BCUT2D eigenvalue weighted by Crippen LogP contribution is -2.35. The molecular weight excluding hydrogens is 416 g/mol. The van der Waals surface area contributed by atoms with Crippen LogP contribution >= 0.6 is 0 Å². The third-order valence-corrected chi connectivity index (χ3v) is 8.04. The second kappa shape index (κ2) is 8.60. The molecule has 0 bridgehead atoms. The maximum absolute atomic E-state index is 13.1. The zero-order valence-electron chi connectivity index (χ0n) is 16.3. The zero-order chi connectivity index (χ0) is 21.1. The highest BCUT2D eigenvalue weighted by atomic mass is 32.2. The van der Waals surface area contributed by atoms with E-state index in [-0.39, 0.29) is 21.2 Å². The molecule has 0 saturated carbocycles. The van der Waals surface area contributed by atoms with E-state index >= 15 is 0 Å². The highest BCUT2D eigenvalue weighted by Crippen LogP contribution is 2.32. The highest BCUT2D eigenvalue weighted by molar-refractivity contribution is 7.92. The third-order valence-electron chi connectivity index (χ3n) is 4.72. The minimum absolute atomic E-state index is 0.0366. The van der Waals surface area contributed by atoms with Crippen molar-refractivity contribution in [3.63, 3.8) is 0 Å². The van der Waals surface area contributed by atoms with E-state index in [9.17, 15) is 16.8 Å². The summed E-state index contributed by atoms with van der Waals surface area (Å²) in [7, 11) is -4.83. The van der Waals surface area contributed by atoms with Gasteiger partial charge in [0.1, 0.15) is 16.4 Å². The van der Waals surface area contributed by atoms with E-state index in [1.165, 1.54) is 61.0 Å². The molecule has 1 saturated heterocycles. The average molecular weight is 441 g/mol. The van der Waals surface area contributed by atoms with Crippen LogP contribution in [0, 0.1) is 0 Å². The molecule has 10 heteroatoms. The second-order valence-corrected chi connectivity index (χ2v) is 10.2. The van der Waals surface area contributed by atoms with Gasteiger partial charge in [-0.3, -0.25) is 4.72 Å². The first-order chi connectivity index (χ1) is 13.8. The molecule has 0 radical (unpaired) electrons. The maximum Gasteiger partial charge on any atom is 0.261 e. The minimum atomic E-state index is -3.90. The number of nitrogens with one attached hydrogen (secondary N) is 1. The van der Waals surface area contributed by atoms with Gasteiger partial charge in [0.05, 0.1) is 24.8 Å². The Morgan fingerprint density at radius 2 is 1.52 bits per heavy atom. The number of benzene rings is 2. The van der Waals surface area contributed by atoms with Gasteiger partial charge in [0, 0.05) is 13.1 Å². The first kappa shape index (κ1) is 21.4. The molecule has 1 fully saturated rings. The molecule has 0 aromatic heterocycles. The maximum atomic E-state index is 13.1. The molecule has 2 aromatic carbocycles. The SMILES string of the molecule is COc1ccc(S(=O)(=O)Nc2ccc(OC)c(S(=O)(=O)N3CCCCC3)c2)cc1. The van der Waals surface area contributed by atoms with Crippen LogP contribution in [0.25, 0.3) is 0 Å². The van der Waals surface area contributed by atoms with Crippen molar-refractivity contribution in [1.82, 2.24) is 4.31 Å². The van der Waals surface area contributed by atoms with Crippen LogP contribution in [0.3, 0.4) is 0 Å². The van der Waals surface area contributed by atoms with Gasteiger partial charge in [-0.15, -0.1) is 0 Å². The van der Waals surface area contributed by atoms with Gasteiger partial charge in [0.2, 0.25) is 10.0 Å². The largest absolute Gasteiger partial charge is 0.497 e. The standard InChI is InChI=1S/C19H24N2O6S2/c1-26-16-7-9-17(10-8-16)28(22,23)20-15-6-11-18(27-2)19(14-15)29(24,25)21-12-4-3-5-13-21/h6-11,14,20H,3-5,12-13H2,1-2H3. The lowest BCUT2D eigenvalue weighted by atomic mass is 10.2. The number of hydrogen-bond donors (Lipinski definition) is 1. The van der Waals surface area contributed by atoms with E-state index in [4.69, 9.17) is 9.47 Å².